The van der Waals surface area contributed by atoms with Crippen molar-refractivity contribution in [2.75, 3.05) is 0 Å². The van der Waals surface area contributed by atoms with Gasteiger partial charge in [-0.3, -0.25) is 0 Å². The Kier molecular flexibility index (Phi) is 2.69. The third-order valence-electron chi connectivity index (χ3n) is 4.22. The lowest BCUT2D eigenvalue weighted by Gasteiger charge is -2.05. The van der Waals surface area contributed by atoms with E-state index >= 15 is 0 Å². The van der Waals surface area contributed by atoms with Crippen LogP contribution in [0.1, 0.15) is 0 Å². The second kappa shape index (κ2) is 4.86. The van der Waals surface area contributed by atoms with Gasteiger partial charge in [0.05, 0.1) is 5.52 Å². The Morgan fingerprint density at radius 2 is 1.74 bits per heavy atom. The van der Waals surface area contributed by atoms with Gasteiger partial charge < -0.3 is 0 Å². The molecule has 0 N–H and O–H groups in total. The number of aromatic nitrogens is 2. The summed E-state index contributed by atoms with van der Waals surface area (Å²) in [6.07, 6.45) is 3.46. The van der Waals surface area contributed by atoms with Gasteiger partial charge in [-0.2, -0.15) is 0 Å². The molecule has 0 amide bonds. The minimum absolute atomic E-state index is 0.979. The van der Waals surface area contributed by atoms with Crippen LogP contribution in [-0.4, -0.2) is 9.97 Å². The molecule has 0 fully saturated rings. The largest absolute Gasteiger partial charge is 0.244 e. The molecule has 0 spiro atoms. The fourth-order valence-electron chi connectivity index (χ4n) is 3.13. The minimum Gasteiger partial charge on any atom is -0.244 e. The van der Waals surface area contributed by atoms with Crippen LogP contribution < -0.4 is 0 Å². The van der Waals surface area contributed by atoms with Crippen LogP contribution in [-0.2, 0) is 0 Å². The van der Waals surface area contributed by atoms with Gasteiger partial charge in [0.15, 0.2) is 0 Å². The summed E-state index contributed by atoms with van der Waals surface area (Å²) in [5.41, 5.74) is 3.46. The first-order chi connectivity index (χ1) is 11.4. The van der Waals surface area contributed by atoms with E-state index in [1.54, 1.807) is 6.33 Å². The van der Waals surface area contributed by atoms with Gasteiger partial charge >= 0.3 is 0 Å². The lowest BCUT2D eigenvalue weighted by Crippen LogP contribution is -1.83. The number of fused-ring (bicyclic) bond motifs is 4. The summed E-state index contributed by atoms with van der Waals surface area (Å²) in [4.78, 5) is 8.44. The van der Waals surface area contributed by atoms with E-state index in [1.807, 2.05) is 17.5 Å². The summed E-state index contributed by atoms with van der Waals surface area (Å²) in [6.45, 7) is 0. The average Bonchev–Trinajstić information content (AvgIpc) is 3.00. The highest BCUT2D eigenvalue weighted by Gasteiger charge is 2.10. The monoisotopic (exact) mass is 312 g/mol. The average molecular weight is 312 g/mol. The Morgan fingerprint density at radius 3 is 2.74 bits per heavy atom. The second-order valence-corrected chi connectivity index (χ2v) is 6.63. The Labute approximate surface area is 137 Å². The van der Waals surface area contributed by atoms with E-state index in [9.17, 15) is 0 Å². The summed E-state index contributed by atoms with van der Waals surface area (Å²) in [7, 11) is 0. The highest BCUT2D eigenvalue weighted by molar-refractivity contribution is 7.26. The molecular formula is C20H12N2S. The lowest BCUT2D eigenvalue weighted by atomic mass is 10.0. The number of hydrogen-bond donors (Lipinski definition) is 0. The summed E-state index contributed by atoms with van der Waals surface area (Å²) in [5, 5.41) is 3.73. The van der Waals surface area contributed by atoms with Crippen molar-refractivity contribution in [1.82, 2.24) is 9.97 Å². The summed E-state index contributed by atoms with van der Waals surface area (Å²) in [5.74, 6) is 0. The van der Waals surface area contributed by atoms with Crippen molar-refractivity contribution in [2.24, 2.45) is 0 Å². The summed E-state index contributed by atoms with van der Waals surface area (Å²) < 4.78 is 2.67. The maximum absolute atomic E-state index is 4.30. The van der Waals surface area contributed by atoms with Crippen LogP contribution in [0.15, 0.2) is 73.2 Å². The van der Waals surface area contributed by atoms with Gasteiger partial charge in [-0.25, -0.2) is 9.97 Å². The molecule has 0 saturated carbocycles. The minimum atomic E-state index is 0.979. The van der Waals surface area contributed by atoms with Crippen LogP contribution in [0.5, 0.6) is 0 Å². The van der Waals surface area contributed by atoms with Crippen molar-refractivity contribution in [3.63, 3.8) is 0 Å². The van der Waals surface area contributed by atoms with Crippen LogP contribution in [0, 0.1) is 0 Å². The molecule has 2 aromatic heterocycles. The molecular weight excluding hydrogens is 300 g/mol. The van der Waals surface area contributed by atoms with Gasteiger partial charge in [-0.1, -0.05) is 42.5 Å². The van der Waals surface area contributed by atoms with Crippen molar-refractivity contribution >= 4 is 42.4 Å². The van der Waals surface area contributed by atoms with E-state index in [1.165, 1.54) is 31.3 Å². The zero-order valence-corrected chi connectivity index (χ0v) is 13.0. The Hall–Kier alpha value is -2.78. The highest BCUT2D eigenvalue weighted by Crippen LogP contribution is 2.40. The molecule has 0 saturated heterocycles. The quantitative estimate of drug-likeness (QED) is 0.399. The maximum Gasteiger partial charge on any atom is 0.116 e. The third-order valence-corrected chi connectivity index (χ3v) is 5.44. The van der Waals surface area contributed by atoms with Gasteiger partial charge in [-0.05, 0) is 29.3 Å². The molecule has 2 nitrogen and oxygen atoms in total. The van der Waals surface area contributed by atoms with Crippen LogP contribution in [0.3, 0.4) is 0 Å². The zero-order valence-electron chi connectivity index (χ0n) is 12.2. The molecule has 108 valence electrons. The van der Waals surface area contributed by atoms with Crippen LogP contribution in [0.25, 0.3) is 42.2 Å². The van der Waals surface area contributed by atoms with Gasteiger partial charge in [0.25, 0.3) is 0 Å². The van der Waals surface area contributed by atoms with Crippen LogP contribution in [0.2, 0.25) is 0 Å². The van der Waals surface area contributed by atoms with E-state index in [0.29, 0.717) is 0 Å². The topological polar surface area (TPSA) is 25.8 Å². The predicted molar refractivity (Wildman–Crippen MR) is 97.9 cm³/mol. The number of nitrogens with zero attached hydrogens (tertiary/aromatic N) is 2. The van der Waals surface area contributed by atoms with E-state index in [2.05, 4.69) is 70.6 Å². The number of rotatable bonds is 1. The molecule has 5 rings (SSSR count). The first kappa shape index (κ1) is 12.7. The zero-order chi connectivity index (χ0) is 15.2. The standard InChI is InChI=1S/C20H12N2S/c1-2-7-19-16(4-1)17-6-3-5-15(20(17)23-19)13-8-9-18-14(10-13)11-21-12-22-18/h1-12H. The fraction of sp³-hybridized carbons (Fsp3) is 0. The van der Waals surface area contributed by atoms with E-state index in [-0.39, 0.29) is 0 Å². The molecule has 5 aromatic rings. The Balaban J connectivity index is 1.84. The SMILES string of the molecule is c1ccc2c(c1)sc1c(-c3ccc4ncncc4c3)cccc12. The molecule has 0 atom stereocenters. The molecule has 23 heavy (non-hydrogen) atoms. The number of hydrogen-bond acceptors (Lipinski definition) is 3. The number of thiophene rings is 1. The van der Waals surface area contributed by atoms with Gasteiger partial charge in [0.2, 0.25) is 0 Å². The molecule has 3 heteroatoms. The van der Waals surface area contributed by atoms with Crippen molar-refractivity contribution in [1.29, 1.82) is 0 Å². The third kappa shape index (κ3) is 1.94. The van der Waals surface area contributed by atoms with Crippen molar-refractivity contribution in [3.8, 4) is 11.1 Å². The second-order valence-electron chi connectivity index (χ2n) is 5.58. The van der Waals surface area contributed by atoms with Crippen molar-refractivity contribution < 1.29 is 0 Å². The molecule has 2 heterocycles. The van der Waals surface area contributed by atoms with Gasteiger partial charge in [0, 0.05) is 31.8 Å². The predicted octanol–water partition coefficient (Wildman–Crippen LogP) is 5.66. The normalized spacial score (nSPS) is 11.5. The van der Waals surface area contributed by atoms with E-state index in [4.69, 9.17) is 0 Å². The molecule has 0 radical (unpaired) electrons. The van der Waals surface area contributed by atoms with E-state index in [0.717, 1.165) is 10.9 Å². The number of benzene rings is 3. The summed E-state index contributed by atoms with van der Waals surface area (Å²) in [6, 6.07) is 21.5. The van der Waals surface area contributed by atoms with Gasteiger partial charge in [-0.15, -0.1) is 11.3 Å². The first-order valence-corrected chi connectivity index (χ1v) is 8.32. The summed E-state index contributed by atoms with van der Waals surface area (Å²) >= 11 is 1.86. The Morgan fingerprint density at radius 1 is 0.826 bits per heavy atom. The molecule has 0 aliphatic heterocycles. The highest BCUT2D eigenvalue weighted by atomic mass is 32.1. The fourth-order valence-corrected chi connectivity index (χ4v) is 4.36. The lowest BCUT2D eigenvalue weighted by molar-refractivity contribution is 1.22. The molecule has 3 aromatic carbocycles. The molecule has 0 unspecified atom stereocenters. The Bertz CT molecular complexity index is 1170. The molecule has 0 bridgehead atoms. The van der Waals surface area contributed by atoms with Gasteiger partial charge in [0.1, 0.15) is 6.33 Å². The smallest absolute Gasteiger partial charge is 0.116 e. The van der Waals surface area contributed by atoms with Crippen LogP contribution >= 0.6 is 11.3 Å². The van der Waals surface area contributed by atoms with Crippen molar-refractivity contribution in [2.45, 2.75) is 0 Å². The first-order valence-electron chi connectivity index (χ1n) is 7.50. The van der Waals surface area contributed by atoms with Crippen LogP contribution in [0.4, 0.5) is 0 Å². The molecule has 0 aliphatic rings. The molecule has 0 aliphatic carbocycles. The van der Waals surface area contributed by atoms with E-state index < -0.39 is 0 Å². The van der Waals surface area contributed by atoms with Crippen molar-refractivity contribution in [3.05, 3.63) is 73.2 Å². The maximum atomic E-state index is 4.30.